The Morgan fingerprint density at radius 2 is 2.19 bits per heavy atom. The molecule has 0 aromatic heterocycles. The standard InChI is InChI=1S/C17H26N2O2/c1-3-15-9-6-7-11-19(15)13-17(20)18-12-14-8-4-5-10-16(14)21-2/h4-5,8,10,15H,3,6-7,9,11-13H2,1-2H3,(H,18,20). The maximum absolute atomic E-state index is 12.2. The fourth-order valence-corrected chi connectivity index (χ4v) is 3.01. The van der Waals surface area contributed by atoms with Gasteiger partial charge in [-0.1, -0.05) is 31.5 Å². The van der Waals surface area contributed by atoms with Crippen LogP contribution < -0.4 is 10.1 Å². The molecule has 1 N–H and O–H groups in total. The molecule has 0 spiro atoms. The molecule has 4 nitrogen and oxygen atoms in total. The molecule has 1 atom stereocenters. The molecule has 1 amide bonds. The minimum absolute atomic E-state index is 0.0984. The summed E-state index contributed by atoms with van der Waals surface area (Å²) in [5.74, 6) is 0.920. The molecular formula is C17H26N2O2. The molecular weight excluding hydrogens is 264 g/mol. The summed E-state index contributed by atoms with van der Waals surface area (Å²) < 4.78 is 5.30. The molecule has 1 heterocycles. The summed E-state index contributed by atoms with van der Waals surface area (Å²) in [6, 6.07) is 8.36. The molecule has 0 radical (unpaired) electrons. The average molecular weight is 290 g/mol. The number of hydrogen-bond acceptors (Lipinski definition) is 3. The fourth-order valence-electron chi connectivity index (χ4n) is 3.01. The van der Waals surface area contributed by atoms with Crippen molar-refractivity contribution in [3.63, 3.8) is 0 Å². The van der Waals surface area contributed by atoms with Crippen molar-refractivity contribution in [2.24, 2.45) is 0 Å². The minimum Gasteiger partial charge on any atom is -0.496 e. The van der Waals surface area contributed by atoms with E-state index < -0.39 is 0 Å². The molecule has 0 aliphatic carbocycles. The molecule has 0 saturated carbocycles. The Morgan fingerprint density at radius 3 is 2.95 bits per heavy atom. The van der Waals surface area contributed by atoms with Crippen LogP contribution in [0.25, 0.3) is 0 Å². The third-order valence-corrected chi connectivity index (χ3v) is 4.24. The van der Waals surface area contributed by atoms with Crippen LogP contribution in [0.4, 0.5) is 0 Å². The van der Waals surface area contributed by atoms with E-state index in [0.717, 1.165) is 24.3 Å². The Labute approximate surface area is 127 Å². The topological polar surface area (TPSA) is 41.6 Å². The van der Waals surface area contributed by atoms with Crippen LogP contribution in [-0.2, 0) is 11.3 Å². The molecule has 1 fully saturated rings. The van der Waals surface area contributed by atoms with Gasteiger partial charge in [0.2, 0.25) is 5.91 Å². The number of ether oxygens (including phenoxy) is 1. The predicted octanol–water partition coefficient (Wildman–Crippen LogP) is 2.58. The highest BCUT2D eigenvalue weighted by Crippen LogP contribution is 2.19. The van der Waals surface area contributed by atoms with Gasteiger partial charge in [0.25, 0.3) is 0 Å². The Balaban J connectivity index is 1.84. The minimum atomic E-state index is 0.0984. The molecule has 1 aliphatic heterocycles. The maximum atomic E-state index is 12.2. The van der Waals surface area contributed by atoms with Crippen LogP contribution >= 0.6 is 0 Å². The number of para-hydroxylation sites is 1. The first-order valence-electron chi connectivity index (χ1n) is 7.87. The Hall–Kier alpha value is -1.55. The van der Waals surface area contributed by atoms with E-state index in [1.165, 1.54) is 19.3 Å². The van der Waals surface area contributed by atoms with Crippen LogP contribution in [-0.4, -0.2) is 37.0 Å². The summed E-state index contributed by atoms with van der Waals surface area (Å²) in [6.45, 7) is 4.28. The van der Waals surface area contributed by atoms with Crippen molar-refractivity contribution in [1.29, 1.82) is 0 Å². The summed E-state index contributed by atoms with van der Waals surface area (Å²) in [7, 11) is 1.65. The second-order valence-corrected chi connectivity index (χ2v) is 5.62. The van der Waals surface area contributed by atoms with Gasteiger partial charge < -0.3 is 10.1 Å². The van der Waals surface area contributed by atoms with E-state index in [4.69, 9.17) is 4.74 Å². The van der Waals surface area contributed by atoms with E-state index >= 15 is 0 Å². The number of likely N-dealkylation sites (tertiary alicyclic amines) is 1. The zero-order chi connectivity index (χ0) is 15.1. The maximum Gasteiger partial charge on any atom is 0.234 e. The normalized spacial score (nSPS) is 19.2. The van der Waals surface area contributed by atoms with Crippen LogP contribution in [0.2, 0.25) is 0 Å². The molecule has 21 heavy (non-hydrogen) atoms. The average Bonchev–Trinajstić information content (AvgIpc) is 2.53. The van der Waals surface area contributed by atoms with Crippen LogP contribution in [0.1, 0.15) is 38.2 Å². The smallest absolute Gasteiger partial charge is 0.234 e. The Kier molecular flexibility index (Phi) is 6.05. The van der Waals surface area contributed by atoms with Gasteiger partial charge in [0.05, 0.1) is 13.7 Å². The highest BCUT2D eigenvalue weighted by atomic mass is 16.5. The van der Waals surface area contributed by atoms with E-state index in [9.17, 15) is 4.79 Å². The van der Waals surface area contributed by atoms with Crippen molar-refractivity contribution in [3.8, 4) is 5.75 Å². The molecule has 2 rings (SSSR count). The van der Waals surface area contributed by atoms with E-state index in [-0.39, 0.29) is 5.91 Å². The molecule has 116 valence electrons. The second-order valence-electron chi connectivity index (χ2n) is 5.62. The van der Waals surface area contributed by atoms with Crippen molar-refractivity contribution >= 4 is 5.91 Å². The lowest BCUT2D eigenvalue weighted by Crippen LogP contribution is -2.45. The van der Waals surface area contributed by atoms with E-state index in [0.29, 0.717) is 19.1 Å². The first-order chi connectivity index (χ1) is 10.2. The van der Waals surface area contributed by atoms with Gasteiger partial charge in [0.15, 0.2) is 0 Å². The summed E-state index contributed by atoms with van der Waals surface area (Å²) >= 11 is 0. The highest BCUT2D eigenvalue weighted by Gasteiger charge is 2.22. The number of benzene rings is 1. The third kappa shape index (κ3) is 4.46. The van der Waals surface area contributed by atoms with E-state index in [1.807, 2.05) is 24.3 Å². The first-order valence-corrected chi connectivity index (χ1v) is 7.87. The van der Waals surface area contributed by atoms with Gasteiger partial charge in [-0.05, 0) is 31.9 Å². The number of nitrogens with one attached hydrogen (secondary N) is 1. The van der Waals surface area contributed by atoms with Gasteiger partial charge >= 0.3 is 0 Å². The third-order valence-electron chi connectivity index (χ3n) is 4.24. The van der Waals surface area contributed by atoms with Crippen LogP contribution in [0, 0.1) is 0 Å². The van der Waals surface area contributed by atoms with Crippen molar-refractivity contribution in [2.75, 3.05) is 20.2 Å². The molecule has 1 aliphatic rings. The van der Waals surface area contributed by atoms with Crippen LogP contribution in [0.15, 0.2) is 24.3 Å². The lowest BCUT2D eigenvalue weighted by Gasteiger charge is -2.34. The van der Waals surface area contributed by atoms with Gasteiger partial charge in [0.1, 0.15) is 5.75 Å². The summed E-state index contributed by atoms with van der Waals surface area (Å²) in [6.07, 6.45) is 4.84. The second kappa shape index (κ2) is 8.03. The molecule has 1 aromatic carbocycles. The summed E-state index contributed by atoms with van der Waals surface area (Å²) in [5, 5.41) is 3.01. The van der Waals surface area contributed by atoms with Crippen molar-refractivity contribution < 1.29 is 9.53 Å². The molecule has 4 heteroatoms. The monoisotopic (exact) mass is 290 g/mol. The van der Waals surface area contributed by atoms with Gasteiger partial charge in [-0.3, -0.25) is 9.69 Å². The fraction of sp³-hybridized carbons (Fsp3) is 0.588. The largest absolute Gasteiger partial charge is 0.496 e. The number of amides is 1. The number of rotatable bonds is 6. The molecule has 1 unspecified atom stereocenters. The van der Waals surface area contributed by atoms with Crippen molar-refractivity contribution in [3.05, 3.63) is 29.8 Å². The van der Waals surface area contributed by atoms with E-state index in [2.05, 4.69) is 17.1 Å². The molecule has 0 bridgehead atoms. The lowest BCUT2D eigenvalue weighted by atomic mass is 10.00. The highest BCUT2D eigenvalue weighted by molar-refractivity contribution is 5.78. The number of piperidine rings is 1. The van der Waals surface area contributed by atoms with Gasteiger partial charge in [-0.25, -0.2) is 0 Å². The Bertz CT molecular complexity index is 462. The number of hydrogen-bond donors (Lipinski definition) is 1. The van der Waals surface area contributed by atoms with Crippen LogP contribution in [0.3, 0.4) is 0 Å². The SMILES string of the molecule is CCC1CCCCN1CC(=O)NCc1ccccc1OC. The number of carbonyl (C=O) groups excluding carboxylic acids is 1. The zero-order valence-electron chi connectivity index (χ0n) is 13.1. The molecule has 1 aromatic rings. The predicted molar refractivity (Wildman–Crippen MR) is 84.3 cm³/mol. The van der Waals surface area contributed by atoms with Gasteiger partial charge in [0, 0.05) is 18.2 Å². The lowest BCUT2D eigenvalue weighted by molar-refractivity contribution is -0.123. The van der Waals surface area contributed by atoms with Gasteiger partial charge in [-0.15, -0.1) is 0 Å². The Morgan fingerprint density at radius 1 is 1.38 bits per heavy atom. The number of carbonyl (C=O) groups is 1. The van der Waals surface area contributed by atoms with Crippen molar-refractivity contribution in [1.82, 2.24) is 10.2 Å². The zero-order valence-corrected chi connectivity index (χ0v) is 13.1. The van der Waals surface area contributed by atoms with Gasteiger partial charge in [-0.2, -0.15) is 0 Å². The van der Waals surface area contributed by atoms with Crippen LogP contribution in [0.5, 0.6) is 5.75 Å². The van der Waals surface area contributed by atoms with E-state index in [1.54, 1.807) is 7.11 Å². The first kappa shape index (κ1) is 15.8. The quantitative estimate of drug-likeness (QED) is 0.875. The molecule has 1 saturated heterocycles. The number of methoxy groups -OCH3 is 1. The summed E-state index contributed by atoms with van der Waals surface area (Å²) in [4.78, 5) is 14.5. The number of nitrogens with zero attached hydrogens (tertiary/aromatic N) is 1. The van der Waals surface area contributed by atoms with Crippen molar-refractivity contribution in [2.45, 2.75) is 45.2 Å². The summed E-state index contributed by atoms with van der Waals surface area (Å²) in [5.41, 5.74) is 1.01.